The molecule has 2 aromatic rings. The van der Waals surface area contributed by atoms with E-state index >= 15 is 0 Å². The van der Waals surface area contributed by atoms with Gasteiger partial charge in [0, 0.05) is 34.8 Å². The first-order valence-corrected chi connectivity index (χ1v) is 8.83. The van der Waals surface area contributed by atoms with Gasteiger partial charge in [0.15, 0.2) is 0 Å². The smallest absolute Gasteiger partial charge is 0.0705 e. The molecule has 0 aliphatic carbocycles. The molecule has 2 N–H and O–H groups in total. The number of pyridine rings is 1. The van der Waals surface area contributed by atoms with Crippen LogP contribution in [0.1, 0.15) is 50.1 Å². The summed E-state index contributed by atoms with van der Waals surface area (Å²) in [7, 11) is 0. The minimum absolute atomic E-state index is 0.553. The standard InChI is InChI=1S/C22H29N3/c1-14(2)11-18-7-8-19(12-20(18)13-23)22-10-9-21(17(6)25-22)16(5)24-15(3)4/h7-10,12,14H,3,11,13,23H2,1-2,4-6H3/b24-16-. The fourth-order valence-corrected chi connectivity index (χ4v) is 3.06. The lowest BCUT2D eigenvalue weighted by Gasteiger charge is -2.13. The van der Waals surface area contributed by atoms with Crippen LogP contribution in [-0.2, 0) is 13.0 Å². The van der Waals surface area contributed by atoms with Crippen LogP contribution in [0.25, 0.3) is 11.3 Å². The van der Waals surface area contributed by atoms with Crippen molar-refractivity contribution in [1.29, 1.82) is 0 Å². The molecular formula is C22H29N3. The molecule has 3 nitrogen and oxygen atoms in total. The molecule has 25 heavy (non-hydrogen) atoms. The highest BCUT2D eigenvalue weighted by atomic mass is 14.8. The van der Waals surface area contributed by atoms with Gasteiger partial charge in [-0.1, -0.05) is 32.6 Å². The molecule has 1 aromatic carbocycles. The normalized spacial score (nSPS) is 11.9. The van der Waals surface area contributed by atoms with Crippen molar-refractivity contribution in [3.63, 3.8) is 0 Å². The molecular weight excluding hydrogens is 306 g/mol. The molecule has 3 heteroatoms. The molecule has 2 rings (SSSR count). The van der Waals surface area contributed by atoms with Gasteiger partial charge in [-0.05, 0) is 62.4 Å². The molecule has 1 heterocycles. The lowest BCUT2D eigenvalue weighted by Crippen LogP contribution is -2.05. The van der Waals surface area contributed by atoms with Crippen molar-refractivity contribution in [2.45, 2.75) is 47.6 Å². The Morgan fingerprint density at radius 3 is 2.44 bits per heavy atom. The van der Waals surface area contributed by atoms with Crippen LogP contribution in [0.2, 0.25) is 0 Å². The van der Waals surface area contributed by atoms with E-state index in [0.29, 0.717) is 12.5 Å². The van der Waals surface area contributed by atoms with E-state index in [9.17, 15) is 0 Å². The van der Waals surface area contributed by atoms with Crippen LogP contribution >= 0.6 is 0 Å². The van der Waals surface area contributed by atoms with Crippen molar-refractivity contribution in [3.8, 4) is 11.3 Å². The first-order valence-electron chi connectivity index (χ1n) is 8.83. The highest BCUT2D eigenvalue weighted by molar-refractivity contribution is 6.00. The molecule has 0 unspecified atom stereocenters. The molecule has 0 spiro atoms. The average molecular weight is 335 g/mol. The number of hydrogen-bond donors (Lipinski definition) is 1. The first kappa shape index (κ1) is 19.1. The molecule has 0 fully saturated rings. The third kappa shape index (κ3) is 4.86. The average Bonchev–Trinajstić information content (AvgIpc) is 2.53. The lowest BCUT2D eigenvalue weighted by molar-refractivity contribution is 0.643. The van der Waals surface area contributed by atoms with Crippen LogP contribution in [0.4, 0.5) is 0 Å². The number of allylic oxidation sites excluding steroid dienone is 1. The van der Waals surface area contributed by atoms with E-state index < -0.39 is 0 Å². The van der Waals surface area contributed by atoms with Gasteiger partial charge in [-0.2, -0.15) is 0 Å². The van der Waals surface area contributed by atoms with Gasteiger partial charge >= 0.3 is 0 Å². The molecule has 0 aliphatic heterocycles. The number of nitrogens with two attached hydrogens (primary N) is 1. The molecule has 0 bridgehead atoms. The second-order valence-electron chi connectivity index (χ2n) is 7.05. The number of benzene rings is 1. The summed E-state index contributed by atoms with van der Waals surface area (Å²) >= 11 is 0. The summed E-state index contributed by atoms with van der Waals surface area (Å²) < 4.78 is 0. The second kappa shape index (κ2) is 8.21. The number of hydrogen-bond acceptors (Lipinski definition) is 3. The molecule has 0 atom stereocenters. The summed E-state index contributed by atoms with van der Waals surface area (Å²) in [6, 6.07) is 10.7. The second-order valence-corrected chi connectivity index (χ2v) is 7.05. The molecule has 0 amide bonds. The zero-order valence-corrected chi connectivity index (χ0v) is 16.1. The van der Waals surface area contributed by atoms with Crippen molar-refractivity contribution in [2.24, 2.45) is 16.6 Å². The Morgan fingerprint density at radius 1 is 1.16 bits per heavy atom. The SMILES string of the molecule is C=C(C)/N=C(/C)c1ccc(-c2ccc(CC(C)C)c(CN)c2)nc1C. The molecule has 1 aromatic heterocycles. The summed E-state index contributed by atoms with van der Waals surface area (Å²) in [5.74, 6) is 0.617. The lowest BCUT2D eigenvalue weighted by atomic mass is 9.95. The Morgan fingerprint density at radius 2 is 1.88 bits per heavy atom. The topological polar surface area (TPSA) is 51.3 Å². The highest BCUT2D eigenvalue weighted by Crippen LogP contribution is 2.24. The number of aromatic nitrogens is 1. The largest absolute Gasteiger partial charge is 0.326 e. The molecule has 0 saturated heterocycles. The van der Waals surface area contributed by atoms with Crippen LogP contribution in [0.15, 0.2) is 47.6 Å². The summed E-state index contributed by atoms with van der Waals surface area (Å²) in [5.41, 5.74) is 14.4. The first-order chi connectivity index (χ1) is 11.8. The number of nitrogens with zero attached hydrogens (tertiary/aromatic N) is 2. The molecule has 0 saturated carbocycles. The maximum Gasteiger partial charge on any atom is 0.0705 e. The predicted octanol–water partition coefficient (Wildman–Crippen LogP) is 5.06. The molecule has 0 radical (unpaired) electrons. The van der Waals surface area contributed by atoms with E-state index in [0.717, 1.165) is 40.3 Å². The third-order valence-corrected chi connectivity index (χ3v) is 4.18. The monoisotopic (exact) mass is 335 g/mol. The zero-order chi connectivity index (χ0) is 18.6. The van der Waals surface area contributed by atoms with Crippen LogP contribution in [-0.4, -0.2) is 10.7 Å². The van der Waals surface area contributed by atoms with E-state index in [4.69, 9.17) is 10.7 Å². The van der Waals surface area contributed by atoms with E-state index in [1.54, 1.807) is 0 Å². The van der Waals surface area contributed by atoms with Gasteiger partial charge in [-0.3, -0.25) is 9.98 Å². The maximum atomic E-state index is 5.97. The summed E-state index contributed by atoms with van der Waals surface area (Å²) in [6.45, 7) is 14.8. The molecule has 0 aliphatic rings. The van der Waals surface area contributed by atoms with E-state index in [1.807, 2.05) is 20.8 Å². The fourth-order valence-electron chi connectivity index (χ4n) is 3.06. The van der Waals surface area contributed by atoms with Crippen LogP contribution in [0, 0.1) is 12.8 Å². The van der Waals surface area contributed by atoms with Crippen molar-refractivity contribution >= 4 is 5.71 Å². The van der Waals surface area contributed by atoms with Gasteiger partial charge in [0.2, 0.25) is 0 Å². The van der Waals surface area contributed by atoms with Gasteiger partial charge in [-0.25, -0.2) is 0 Å². The van der Waals surface area contributed by atoms with Gasteiger partial charge in [-0.15, -0.1) is 0 Å². The van der Waals surface area contributed by atoms with Gasteiger partial charge < -0.3 is 5.73 Å². The van der Waals surface area contributed by atoms with Gasteiger partial charge in [0.25, 0.3) is 0 Å². The summed E-state index contributed by atoms with van der Waals surface area (Å²) in [6.07, 6.45) is 1.05. The number of aliphatic imine (C=N–C) groups is 1. The summed E-state index contributed by atoms with van der Waals surface area (Å²) in [4.78, 5) is 9.23. The van der Waals surface area contributed by atoms with Crippen LogP contribution < -0.4 is 5.73 Å². The Labute approximate surface area is 151 Å². The van der Waals surface area contributed by atoms with Crippen molar-refractivity contribution in [1.82, 2.24) is 4.98 Å². The number of rotatable bonds is 6. The fraction of sp³-hybridized carbons (Fsp3) is 0.364. The van der Waals surface area contributed by atoms with E-state index in [2.05, 4.69) is 55.8 Å². The number of aryl methyl sites for hydroxylation is 1. The Bertz CT molecular complexity index is 801. The van der Waals surface area contributed by atoms with Gasteiger partial charge in [0.1, 0.15) is 0 Å². The zero-order valence-electron chi connectivity index (χ0n) is 16.1. The minimum Gasteiger partial charge on any atom is -0.326 e. The minimum atomic E-state index is 0.553. The third-order valence-electron chi connectivity index (χ3n) is 4.18. The Kier molecular flexibility index (Phi) is 6.27. The predicted molar refractivity (Wildman–Crippen MR) is 108 cm³/mol. The summed E-state index contributed by atoms with van der Waals surface area (Å²) in [5, 5.41) is 0. The van der Waals surface area contributed by atoms with Crippen LogP contribution in [0.5, 0.6) is 0 Å². The Hall–Kier alpha value is -2.26. The van der Waals surface area contributed by atoms with E-state index in [1.165, 1.54) is 11.1 Å². The van der Waals surface area contributed by atoms with Crippen LogP contribution in [0.3, 0.4) is 0 Å². The molecule has 132 valence electrons. The highest BCUT2D eigenvalue weighted by Gasteiger charge is 2.10. The van der Waals surface area contributed by atoms with E-state index in [-0.39, 0.29) is 0 Å². The van der Waals surface area contributed by atoms with Crippen molar-refractivity contribution in [3.05, 3.63) is 65.0 Å². The Balaban J connectivity index is 2.39. The quantitative estimate of drug-likeness (QED) is 0.750. The maximum absolute atomic E-state index is 5.97. The van der Waals surface area contributed by atoms with Crippen molar-refractivity contribution < 1.29 is 0 Å². The van der Waals surface area contributed by atoms with Crippen molar-refractivity contribution in [2.75, 3.05) is 0 Å². The van der Waals surface area contributed by atoms with Gasteiger partial charge in [0.05, 0.1) is 5.69 Å².